The van der Waals surface area contributed by atoms with Gasteiger partial charge in [0.05, 0.1) is 17.8 Å². The number of nitrogens with one attached hydrogen (secondary N) is 1. The molecule has 140 valence electrons. The first-order valence-electron chi connectivity index (χ1n) is 8.95. The Bertz CT molecular complexity index is 916. The lowest BCUT2D eigenvalue weighted by atomic mass is 10.1. The molecule has 2 aromatic heterocycles. The van der Waals surface area contributed by atoms with Crippen LogP contribution in [0.2, 0.25) is 0 Å². The second-order valence-electron chi connectivity index (χ2n) is 6.59. The van der Waals surface area contributed by atoms with Crippen LogP contribution in [0.4, 0.5) is 8.78 Å². The van der Waals surface area contributed by atoms with Gasteiger partial charge in [-0.1, -0.05) is 6.07 Å². The summed E-state index contributed by atoms with van der Waals surface area (Å²) in [6.07, 6.45) is 5.55. The van der Waals surface area contributed by atoms with Gasteiger partial charge in [0.2, 0.25) is 5.91 Å². The molecule has 0 aliphatic carbocycles. The molecular formula is C20H19F2N3O2. The van der Waals surface area contributed by atoms with Gasteiger partial charge < -0.3 is 14.3 Å². The summed E-state index contributed by atoms with van der Waals surface area (Å²) in [6.45, 7) is 0.722. The van der Waals surface area contributed by atoms with E-state index in [1.807, 2.05) is 23.2 Å². The zero-order chi connectivity index (χ0) is 18.8. The number of rotatable bonds is 5. The predicted molar refractivity (Wildman–Crippen MR) is 94.7 cm³/mol. The van der Waals surface area contributed by atoms with E-state index in [1.54, 1.807) is 0 Å². The third-order valence-corrected chi connectivity index (χ3v) is 4.87. The van der Waals surface area contributed by atoms with Crippen LogP contribution in [0, 0.1) is 11.6 Å². The molecule has 27 heavy (non-hydrogen) atoms. The van der Waals surface area contributed by atoms with E-state index in [2.05, 4.69) is 9.97 Å². The van der Waals surface area contributed by atoms with Gasteiger partial charge in [-0.05, 0) is 37.1 Å². The van der Waals surface area contributed by atoms with E-state index in [9.17, 15) is 13.6 Å². The largest absolute Gasteiger partial charge is 0.441 e. The number of benzene rings is 1. The molecule has 0 spiro atoms. The van der Waals surface area contributed by atoms with Crippen LogP contribution < -0.4 is 0 Å². The van der Waals surface area contributed by atoms with Crippen LogP contribution in [-0.4, -0.2) is 27.3 Å². The first kappa shape index (κ1) is 17.5. The maximum Gasteiger partial charge on any atom is 0.223 e. The first-order chi connectivity index (χ1) is 13.1. The number of hydrogen-bond donors (Lipinski definition) is 1. The third kappa shape index (κ3) is 3.49. The summed E-state index contributed by atoms with van der Waals surface area (Å²) in [5.41, 5.74) is 0.795. The van der Waals surface area contributed by atoms with Gasteiger partial charge in [-0.25, -0.2) is 13.8 Å². The Hall–Kier alpha value is -2.96. The lowest BCUT2D eigenvalue weighted by Crippen LogP contribution is -2.30. The van der Waals surface area contributed by atoms with Crippen molar-refractivity contribution in [2.24, 2.45) is 0 Å². The highest BCUT2D eigenvalue weighted by atomic mass is 19.1. The Morgan fingerprint density at radius 3 is 2.81 bits per heavy atom. The number of carbonyl (C=O) groups excluding carboxylic acids is 1. The maximum absolute atomic E-state index is 13.8. The highest BCUT2D eigenvalue weighted by molar-refractivity contribution is 5.77. The number of H-pyrrole nitrogens is 1. The number of aryl methyl sites for hydroxylation is 1. The molecule has 1 N–H and O–H groups in total. The minimum atomic E-state index is -0.709. The normalized spacial score (nSPS) is 16.8. The molecule has 0 bridgehead atoms. The summed E-state index contributed by atoms with van der Waals surface area (Å²) in [7, 11) is 0. The number of nitrogens with zero attached hydrogens (tertiary/aromatic N) is 2. The van der Waals surface area contributed by atoms with E-state index in [1.165, 1.54) is 12.3 Å². The number of amides is 1. The molecule has 1 aliphatic rings. The Balaban J connectivity index is 1.42. The van der Waals surface area contributed by atoms with Gasteiger partial charge in [0.1, 0.15) is 11.6 Å². The number of carbonyl (C=O) groups is 1. The van der Waals surface area contributed by atoms with Crippen LogP contribution in [0.5, 0.6) is 0 Å². The second-order valence-corrected chi connectivity index (χ2v) is 6.59. The van der Waals surface area contributed by atoms with Gasteiger partial charge in [0, 0.05) is 31.3 Å². The maximum atomic E-state index is 13.8. The smallest absolute Gasteiger partial charge is 0.223 e. The molecule has 1 saturated heterocycles. The SMILES string of the molecule is O=C(CCc1ncc(-c2c(F)cccc2F)o1)N1CCCC1c1ccc[nH]1. The number of halogens is 2. The van der Waals surface area contributed by atoms with E-state index >= 15 is 0 Å². The molecule has 4 rings (SSSR count). The molecule has 0 saturated carbocycles. The van der Waals surface area contributed by atoms with Crippen LogP contribution in [0.15, 0.2) is 47.1 Å². The number of oxazole rings is 1. The summed E-state index contributed by atoms with van der Waals surface area (Å²) >= 11 is 0. The molecule has 1 aliphatic heterocycles. The van der Waals surface area contributed by atoms with E-state index < -0.39 is 11.6 Å². The topological polar surface area (TPSA) is 62.1 Å². The van der Waals surface area contributed by atoms with Gasteiger partial charge in [0.15, 0.2) is 11.7 Å². The number of aromatic nitrogens is 2. The van der Waals surface area contributed by atoms with Gasteiger partial charge in [-0.2, -0.15) is 0 Å². The molecule has 7 heteroatoms. The number of likely N-dealkylation sites (tertiary alicyclic amines) is 1. The average molecular weight is 371 g/mol. The lowest BCUT2D eigenvalue weighted by molar-refractivity contribution is -0.132. The Labute approximate surface area is 155 Å². The van der Waals surface area contributed by atoms with Gasteiger partial charge in [-0.3, -0.25) is 4.79 Å². The Kier molecular flexibility index (Phi) is 4.75. The molecule has 3 heterocycles. The summed E-state index contributed by atoms with van der Waals surface area (Å²) < 4.78 is 33.2. The second kappa shape index (κ2) is 7.34. The van der Waals surface area contributed by atoms with Crippen molar-refractivity contribution in [3.8, 4) is 11.3 Å². The Morgan fingerprint density at radius 1 is 1.26 bits per heavy atom. The molecule has 3 aromatic rings. The summed E-state index contributed by atoms with van der Waals surface area (Å²) in [5.74, 6) is -1.08. The monoisotopic (exact) mass is 371 g/mol. The van der Waals surface area contributed by atoms with Crippen molar-refractivity contribution in [1.82, 2.24) is 14.9 Å². The quantitative estimate of drug-likeness (QED) is 0.730. The summed E-state index contributed by atoms with van der Waals surface area (Å²) in [5, 5.41) is 0. The molecule has 1 amide bonds. The van der Waals surface area contributed by atoms with E-state index in [4.69, 9.17) is 4.42 Å². The molecule has 1 atom stereocenters. The Morgan fingerprint density at radius 2 is 2.07 bits per heavy atom. The summed E-state index contributed by atoms with van der Waals surface area (Å²) in [6, 6.07) is 7.60. The lowest BCUT2D eigenvalue weighted by Gasteiger charge is -2.23. The van der Waals surface area contributed by atoms with Crippen molar-refractivity contribution in [1.29, 1.82) is 0 Å². The molecule has 0 radical (unpaired) electrons. The molecule has 1 aromatic carbocycles. The average Bonchev–Trinajstić information content (AvgIpc) is 3.39. The van der Waals surface area contributed by atoms with Crippen molar-refractivity contribution in [3.63, 3.8) is 0 Å². The van der Waals surface area contributed by atoms with E-state index in [-0.39, 0.29) is 42.0 Å². The summed E-state index contributed by atoms with van der Waals surface area (Å²) in [4.78, 5) is 21.7. The van der Waals surface area contributed by atoms with Crippen molar-refractivity contribution in [2.75, 3.05) is 6.54 Å². The standard InChI is InChI=1S/C20H19F2N3O2/c21-13-4-1-5-14(22)20(13)17-12-24-18(27-17)8-9-19(26)25-11-3-7-16(25)15-6-2-10-23-15/h1-2,4-6,10,12,16,23H,3,7-9,11H2. The molecular weight excluding hydrogens is 352 g/mol. The fraction of sp³-hybridized carbons (Fsp3) is 0.300. The highest BCUT2D eigenvalue weighted by Gasteiger charge is 2.30. The van der Waals surface area contributed by atoms with Crippen LogP contribution in [0.1, 0.15) is 36.9 Å². The minimum absolute atomic E-state index is 0.0175. The molecule has 1 fully saturated rings. The zero-order valence-electron chi connectivity index (χ0n) is 14.6. The van der Waals surface area contributed by atoms with Crippen molar-refractivity contribution >= 4 is 5.91 Å². The minimum Gasteiger partial charge on any atom is -0.441 e. The van der Waals surface area contributed by atoms with Gasteiger partial charge in [-0.15, -0.1) is 0 Å². The number of aromatic amines is 1. The predicted octanol–water partition coefficient (Wildman–Crippen LogP) is 4.24. The van der Waals surface area contributed by atoms with Crippen molar-refractivity contribution in [3.05, 3.63) is 65.9 Å². The third-order valence-electron chi connectivity index (χ3n) is 4.87. The van der Waals surface area contributed by atoms with Crippen molar-refractivity contribution < 1.29 is 18.0 Å². The van der Waals surface area contributed by atoms with Crippen LogP contribution >= 0.6 is 0 Å². The van der Waals surface area contributed by atoms with Gasteiger partial charge >= 0.3 is 0 Å². The van der Waals surface area contributed by atoms with Crippen LogP contribution in [0.3, 0.4) is 0 Å². The van der Waals surface area contributed by atoms with Crippen molar-refractivity contribution in [2.45, 2.75) is 31.7 Å². The number of hydrogen-bond acceptors (Lipinski definition) is 3. The highest BCUT2D eigenvalue weighted by Crippen LogP contribution is 2.32. The zero-order valence-corrected chi connectivity index (χ0v) is 14.6. The van der Waals surface area contributed by atoms with Crippen LogP contribution in [-0.2, 0) is 11.2 Å². The van der Waals surface area contributed by atoms with Gasteiger partial charge in [0.25, 0.3) is 0 Å². The fourth-order valence-corrected chi connectivity index (χ4v) is 3.57. The van der Waals surface area contributed by atoms with E-state index in [0.29, 0.717) is 0 Å². The van der Waals surface area contributed by atoms with E-state index in [0.717, 1.165) is 37.2 Å². The molecule has 1 unspecified atom stereocenters. The molecule has 5 nitrogen and oxygen atoms in total. The fourth-order valence-electron chi connectivity index (χ4n) is 3.57. The van der Waals surface area contributed by atoms with Crippen LogP contribution in [0.25, 0.3) is 11.3 Å². The first-order valence-corrected chi connectivity index (χ1v) is 8.95.